The van der Waals surface area contributed by atoms with Crippen LogP contribution in [0.2, 0.25) is 0 Å². The van der Waals surface area contributed by atoms with Crippen molar-refractivity contribution in [1.29, 1.82) is 0 Å². The second-order valence-corrected chi connectivity index (χ2v) is 8.91. The Labute approximate surface area is 194 Å². The van der Waals surface area contributed by atoms with Crippen molar-refractivity contribution in [3.05, 3.63) is 53.3 Å². The van der Waals surface area contributed by atoms with E-state index in [0.29, 0.717) is 6.42 Å². The molecule has 0 bridgehead atoms. The Kier molecular flexibility index (Phi) is 6.76. The molecule has 0 spiro atoms. The van der Waals surface area contributed by atoms with Crippen molar-refractivity contribution in [2.24, 2.45) is 5.92 Å². The van der Waals surface area contributed by atoms with E-state index >= 15 is 0 Å². The van der Waals surface area contributed by atoms with Crippen molar-refractivity contribution in [2.45, 2.75) is 39.5 Å². The van der Waals surface area contributed by atoms with E-state index in [0.717, 1.165) is 26.7 Å². The molecule has 2 aliphatic rings. The predicted molar refractivity (Wildman–Crippen MR) is 124 cm³/mol. The number of barbiturate groups is 1. The fraction of sp³-hybridized carbons (Fsp3) is 0.440. The number of benzene rings is 1. The molecule has 0 N–H and O–H groups in total. The summed E-state index contributed by atoms with van der Waals surface area (Å²) in [5, 5.41) is 0. The van der Waals surface area contributed by atoms with E-state index in [2.05, 4.69) is 19.9 Å². The molecule has 3 rings (SSSR count). The number of carbonyl (C=O) groups is 4. The van der Waals surface area contributed by atoms with Crippen molar-refractivity contribution in [1.82, 2.24) is 9.80 Å². The van der Waals surface area contributed by atoms with Gasteiger partial charge >= 0.3 is 12.0 Å². The van der Waals surface area contributed by atoms with Crippen LogP contribution in [0.4, 0.5) is 10.5 Å². The first-order valence-corrected chi connectivity index (χ1v) is 11.1. The molecule has 4 amide bonds. The molecule has 0 saturated carbocycles. The van der Waals surface area contributed by atoms with Crippen LogP contribution in [0.25, 0.3) is 0 Å². The number of nitrogens with zero attached hydrogens (tertiary/aromatic N) is 3. The van der Waals surface area contributed by atoms with Crippen LogP contribution in [0.5, 0.6) is 0 Å². The van der Waals surface area contributed by atoms with Gasteiger partial charge in [0.05, 0.1) is 12.5 Å². The maximum atomic E-state index is 13.0. The quantitative estimate of drug-likeness (QED) is 0.373. The van der Waals surface area contributed by atoms with Crippen molar-refractivity contribution in [3.8, 4) is 0 Å². The Hall–Kier alpha value is -3.42. The first-order valence-electron chi connectivity index (χ1n) is 11.1. The second-order valence-electron chi connectivity index (χ2n) is 8.91. The van der Waals surface area contributed by atoms with Crippen LogP contribution >= 0.6 is 0 Å². The van der Waals surface area contributed by atoms with E-state index in [1.54, 1.807) is 13.0 Å². The summed E-state index contributed by atoms with van der Waals surface area (Å²) in [5.41, 5.74) is 2.69. The van der Waals surface area contributed by atoms with Crippen molar-refractivity contribution in [3.63, 3.8) is 0 Å². The number of rotatable bonds is 6. The lowest BCUT2D eigenvalue weighted by Crippen LogP contribution is -2.55. The lowest BCUT2D eigenvalue weighted by molar-refractivity contribution is -0.149. The first-order chi connectivity index (χ1) is 15.5. The van der Waals surface area contributed by atoms with Gasteiger partial charge < -0.3 is 9.64 Å². The molecule has 0 aromatic heterocycles. The van der Waals surface area contributed by atoms with Gasteiger partial charge in [0.1, 0.15) is 12.2 Å². The molecule has 8 heteroatoms. The number of hydrogen-bond acceptors (Lipinski definition) is 6. The average molecular weight is 454 g/mol. The van der Waals surface area contributed by atoms with Gasteiger partial charge in [-0.2, -0.15) is 0 Å². The molecule has 2 heterocycles. The van der Waals surface area contributed by atoms with E-state index in [-0.39, 0.29) is 36.0 Å². The van der Waals surface area contributed by atoms with Gasteiger partial charge in [0.15, 0.2) is 0 Å². The number of urea groups is 1. The van der Waals surface area contributed by atoms with Crippen LogP contribution in [0.15, 0.2) is 47.7 Å². The number of hydrogen-bond donors (Lipinski definition) is 0. The SMILES string of the molecule is CC[C@@H](C)C(=O)OCCN1C(=O)/C(=C/C=C2\N(C)c3ccccc3C2(C)C)C(=O)N(C)C1=O. The van der Waals surface area contributed by atoms with Gasteiger partial charge in [0, 0.05) is 30.9 Å². The number of esters is 1. The Morgan fingerprint density at radius 3 is 2.36 bits per heavy atom. The molecule has 1 aromatic rings. The summed E-state index contributed by atoms with van der Waals surface area (Å²) in [5.74, 6) is -2.01. The highest BCUT2D eigenvalue weighted by atomic mass is 16.5. The highest BCUT2D eigenvalue weighted by Crippen LogP contribution is 2.46. The number of imide groups is 2. The number of anilines is 1. The number of ether oxygens (including phenoxy) is 1. The summed E-state index contributed by atoms with van der Waals surface area (Å²) in [6, 6.07) is 7.30. The van der Waals surface area contributed by atoms with E-state index in [1.165, 1.54) is 13.1 Å². The van der Waals surface area contributed by atoms with Gasteiger partial charge in [-0.1, -0.05) is 45.9 Å². The average Bonchev–Trinajstić information content (AvgIpc) is 2.99. The highest BCUT2D eigenvalue weighted by Gasteiger charge is 2.41. The molecule has 0 radical (unpaired) electrons. The summed E-state index contributed by atoms with van der Waals surface area (Å²) in [6.45, 7) is 7.54. The maximum Gasteiger partial charge on any atom is 0.333 e. The van der Waals surface area contributed by atoms with Gasteiger partial charge in [-0.05, 0) is 30.2 Å². The monoisotopic (exact) mass is 453 g/mol. The zero-order valence-corrected chi connectivity index (χ0v) is 20.0. The topological polar surface area (TPSA) is 87.2 Å². The number of allylic oxidation sites excluding steroid dienone is 3. The molecular formula is C25H31N3O5. The van der Waals surface area contributed by atoms with Crippen LogP contribution in [0.1, 0.15) is 39.7 Å². The van der Waals surface area contributed by atoms with E-state index in [9.17, 15) is 19.2 Å². The Bertz CT molecular complexity index is 1060. The van der Waals surface area contributed by atoms with Gasteiger partial charge in [-0.3, -0.25) is 24.2 Å². The first kappa shape index (κ1) is 24.2. The maximum absolute atomic E-state index is 13.0. The Balaban J connectivity index is 1.85. The lowest BCUT2D eigenvalue weighted by atomic mass is 9.83. The Morgan fingerprint density at radius 2 is 1.73 bits per heavy atom. The molecular weight excluding hydrogens is 422 g/mol. The fourth-order valence-corrected chi connectivity index (χ4v) is 4.12. The highest BCUT2D eigenvalue weighted by molar-refractivity contribution is 6.28. The number of para-hydroxylation sites is 1. The van der Waals surface area contributed by atoms with Gasteiger partial charge in [-0.15, -0.1) is 0 Å². The summed E-state index contributed by atoms with van der Waals surface area (Å²) < 4.78 is 5.18. The number of carbonyl (C=O) groups excluding carboxylic acids is 4. The molecule has 1 atom stereocenters. The standard InChI is InChI=1S/C25H31N3O5/c1-7-16(2)23(31)33-15-14-28-22(30)17(21(29)27(6)24(28)32)12-13-20-25(3,4)18-10-8-9-11-19(18)26(20)5/h8-13,16H,7,14-15H2,1-6H3/b17-12+,20-13-/t16-/m1/s1. The second kappa shape index (κ2) is 9.21. The van der Waals surface area contributed by atoms with Crippen LogP contribution in [-0.2, 0) is 24.5 Å². The van der Waals surface area contributed by atoms with Crippen molar-refractivity contribution < 1.29 is 23.9 Å². The van der Waals surface area contributed by atoms with E-state index < -0.39 is 17.8 Å². The molecule has 0 aliphatic carbocycles. The number of fused-ring (bicyclic) bond motifs is 1. The third-order valence-electron chi connectivity index (χ3n) is 6.45. The molecule has 1 fully saturated rings. The largest absolute Gasteiger partial charge is 0.464 e. The van der Waals surface area contributed by atoms with E-state index in [1.807, 2.05) is 37.1 Å². The third-order valence-corrected chi connectivity index (χ3v) is 6.45. The molecule has 8 nitrogen and oxygen atoms in total. The minimum absolute atomic E-state index is 0.113. The molecule has 1 aromatic carbocycles. The van der Waals surface area contributed by atoms with Crippen LogP contribution in [0, 0.1) is 5.92 Å². The fourth-order valence-electron chi connectivity index (χ4n) is 4.12. The zero-order valence-electron chi connectivity index (χ0n) is 20.0. The van der Waals surface area contributed by atoms with Crippen LogP contribution < -0.4 is 4.90 Å². The normalized spacial score (nSPS) is 21.2. The lowest BCUT2D eigenvalue weighted by Gasteiger charge is -2.31. The minimum atomic E-state index is -0.736. The smallest absolute Gasteiger partial charge is 0.333 e. The van der Waals surface area contributed by atoms with E-state index in [4.69, 9.17) is 4.74 Å². The zero-order chi connectivity index (χ0) is 24.5. The predicted octanol–water partition coefficient (Wildman–Crippen LogP) is 3.23. The van der Waals surface area contributed by atoms with Crippen LogP contribution in [0.3, 0.4) is 0 Å². The van der Waals surface area contributed by atoms with Crippen LogP contribution in [-0.4, -0.2) is 60.9 Å². The van der Waals surface area contributed by atoms with Crippen molar-refractivity contribution in [2.75, 3.05) is 32.1 Å². The number of amides is 4. The van der Waals surface area contributed by atoms with Gasteiger partial charge in [0.25, 0.3) is 11.8 Å². The summed E-state index contributed by atoms with van der Waals surface area (Å²) in [7, 11) is 3.27. The molecule has 2 aliphatic heterocycles. The van der Waals surface area contributed by atoms with Gasteiger partial charge in [-0.25, -0.2) is 4.79 Å². The third kappa shape index (κ3) is 4.29. The Morgan fingerprint density at radius 1 is 1.06 bits per heavy atom. The molecule has 1 saturated heterocycles. The summed E-state index contributed by atoms with van der Waals surface area (Å²) in [4.78, 5) is 54.1. The minimum Gasteiger partial charge on any atom is -0.464 e. The number of likely N-dealkylation sites (N-methyl/N-ethyl adjacent to an activating group) is 2. The summed E-state index contributed by atoms with van der Waals surface area (Å²) in [6.07, 6.45) is 3.87. The molecule has 176 valence electrons. The molecule has 33 heavy (non-hydrogen) atoms. The van der Waals surface area contributed by atoms with Gasteiger partial charge in [0.2, 0.25) is 0 Å². The molecule has 0 unspecified atom stereocenters. The summed E-state index contributed by atoms with van der Waals surface area (Å²) >= 11 is 0. The van der Waals surface area contributed by atoms with Crippen molar-refractivity contribution >= 4 is 29.5 Å².